The molecule has 24 heavy (non-hydrogen) atoms. The molecule has 1 heterocycles. The van der Waals surface area contributed by atoms with Crippen molar-refractivity contribution in [3.8, 4) is 0 Å². The molecule has 0 aromatic rings. The van der Waals surface area contributed by atoms with Gasteiger partial charge in [-0.15, -0.1) is 0 Å². The molecule has 1 spiro atoms. The first kappa shape index (κ1) is 15.6. The molecule has 5 fully saturated rings. The van der Waals surface area contributed by atoms with Crippen LogP contribution in [0.3, 0.4) is 0 Å². The number of cyclic esters (lactones) is 1. The van der Waals surface area contributed by atoms with Crippen molar-refractivity contribution in [2.24, 2.45) is 28.1 Å². The van der Waals surface area contributed by atoms with Gasteiger partial charge in [0.05, 0.1) is 23.2 Å². The Bertz CT molecular complexity index is 615. The minimum Gasteiger partial charge on any atom is -0.465 e. The van der Waals surface area contributed by atoms with E-state index < -0.39 is 16.6 Å². The number of aliphatic hydroxyl groups is 2. The SMILES string of the molecule is C[C@]12CCC[C@]3(COC1=O)[C@@H]2CC[C@@]12C[C@@H](CC[C@]13O)[C@](C)(O)C2. The maximum atomic E-state index is 12.6. The standard InChI is InChI=1S/C20H30O4/c1-16-6-3-7-19(12-24-15(16)21)14(16)5-8-18-10-13(17(2,22)11-18)4-9-20(18,19)23/h13-14,22-23H,3-12H2,1-2H3/t13-,14-,16-,17-,18+,19+,20+/m1/s1. The summed E-state index contributed by atoms with van der Waals surface area (Å²) in [7, 11) is 0. The molecule has 4 aliphatic carbocycles. The van der Waals surface area contributed by atoms with Gasteiger partial charge in [0.25, 0.3) is 0 Å². The van der Waals surface area contributed by atoms with Crippen LogP contribution in [-0.4, -0.2) is 34.0 Å². The van der Waals surface area contributed by atoms with Crippen LogP contribution in [-0.2, 0) is 9.53 Å². The summed E-state index contributed by atoms with van der Waals surface area (Å²) in [5.74, 6) is 0.499. The molecule has 1 aliphatic heterocycles. The smallest absolute Gasteiger partial charge is 0.312 e. The third-order valence-corrected chi connectivity index (χ3v) is 9.36. The minimum atomic E-state index is -0.789. The fourth-order valence-electron chi connectivity index (χ4n) is 8.28. The lowest BCUT2D eigenvalue weighted by atomic mass is 9.38. The Balaban J connectivity index is 1.66. The van der Waals surface area contributed by atoms with Crippen molar-refractivity contribution in [3.05, 3.63) is 0 Å². The summed E-state index contributed by atoms with van der Waals surface area (Å²) in [5, 5.41) is 23.1. The van der Waals surface area contributed by atoms with Crippen molar-refractivity contribution in [3.63, 3.8) is 0 Å². The molecule has 7 atom stereocenters. The van der Waals surface area contributed by atoms with Crippen molar-refractivity contribution in [2.45, 2.75) is 82.8 Å². The first-order chi connectivity index (χ1) is 11.2. The molecule has 5 aliphatic rings. The Morgan fingerprint density at radius 1 is 1.08 bits per heavy atom. The Morgan fingerprint density at radius 2 is 1.88 bits per heavy atom. The molecule has 4 saturated carbocycles. The maximum Gasteiger partial charge on any atom is 0.312 e. The highest BCUT2D eigenvalue weighted by molar-refractivity contribution is 5.78. The van der Waals surface area contributed by atoms with E-state index in [1.165, 1.54) is 0 Å². The first-order valence-electron chi connectivity index (χ1n) is 9.81. The minimum absolute atomic E-state index is 0.0468. The number of hydrogen-bond acceptors (Lipinski definition) is 4. The molecule has 1 saturated heterocycles. The third kappa shape index (κ3) is 1.45. The number of esters is 1. The zero-order valence-electron chi connectivity index (χ0n) is 14.9. The number of hydrogen-bond donors (Lipinski definition) is 2. The summed E-state index contributed by atoms with van der Waals surface area (Å²) in [6.45, 7) is 4.43. The van der Waals surface area contributed by atoms with Crippen molar-refractivity contribution >= 4 is 5.97 Å². The van der Waals surface area contributed by atoms with Gasteiger partial charge in [-0.1, -0.05) is 6.42 Å². The lowest BCUT2D eigenvalue weighted by Crippen LogP contribution is -2.73. The number of carbonyl (C=O) groups excluding carboxylic acids is 1. The zero-order valence-corrected chi connectivity index (χ0v) is 14.9. The van der Waals surface area contributed by atoms with Crippen LogP contribution < -0.4 is 0 Å². The van der Waals surface area contributed by atoms with E-state index in [2.05, 4.69) is 6.92 Å². The van der Waals surface area contributed by atoms with Gasteiger partial charge in [-0.25, -0.2) is 0 Å². The second kappa shape index (κ2) is 4.20. The van der Waals surface area contributed by atoms with E-state index in [0.29, 0.717) is 18.9 Å². The molecule has 0 aromatic heterocycles. The zero-order chi connectivity index (χ0) is 17.0. The fraction of sp³-hybridized carbons (Fsp3) is 0.950. The predicted octanol–water partition coefficient (Wildman–Crippen LogP) is 2.80. The van der Waals surface area contributed by atoms with E-state index in [-0.39, 0.29) is 22.7 Å². The molecule has 4 heteroatoms. The normalized spacial score (nSPS) is 61.8. The van der Waals surface area contributed by atoms with Gasteiger partial charge in [0.2, 0.25) is 0 Å². The number of carbonyl (C=O) groups is 1. The van der Waals surface area contributed by atoms with E-state index in [1.54, 1.807) is 0 Å². The summed E-state index contributed by atoms with van der Waals surface area (Å²) >= 11 is 0. The lowest BCUT2D eigenvalue weighted by molar-refractivity contribution is -0.299. The molecule has 0 radical (unpaired) electrons. The summed E-state index contributed by atoms with van der Waals surface area (Å²) < 4.78 is 5.72. The van der Waals surface area contributed by atoms with E-state index in [9.17, 15) is 15.0 Å². The average molecular weight is 334 g/mol. The lowest BCUT2D eigenvalue weighted by Gasteiger charge is -2.69. The van der Waals surface area contributed by atoms with Crippen LogP contribution in [0.2, 0.25) is 0 Å². The van der Waals surface area contributed by atoms with Gasteiger partial charge in [0, 0.05) is 10.8 Å². The monoisotopic (exact) mass is 334 g/mol. The molecule has 4 nitrogen and oxygen atoms in total. The highest BCUT2D eigenvalue weighted by Gasteiger charge is 2.77. The van der Waals surface area contributed by atoms with Crippen molar-refractivity contribution in [2.75, 3.05) is 6.61 Å². The highest BCUT2D eigenvalue weighted by Crippen LogP contribution is 2.75. The Hall–Kier alpha value is -0.610. The van der Waals surface area contributed by atoms with E-state index in [4.69, 9.17) is 4.74 Å². The summed E-state index contributed by atoms with van der Waals surface area (Å²) in [4.78, 5) is 12.6. The van der Waals surface area contributed by atoms with Crippen LogP contribution in [0.15, 0.2) is 0 Å². The van der Waals surface area contributed by atoms with Crippen molar-refractivity contribution in [1.29, 1.82) is 0 Å². The van der Waals surface area contributed by atoms with Crippen LogP contribution in [0.1, 0.15) is 71.6 Å². The number of rotatable bonds is 0. The quantitative estimate of drug-likeness (QED) is 0.669. The van der Waals surface area contributed by atoms with Crippen molar-refractivity contribution in [1.82, 2.24) is 0 Å². The van der Waals surface area contributed by atoms with Crippen LogP contribution in [0.5, 0.6) is 0 Å². The van der Waals surface area contributed by atoms with Gasteiger partial charge in [0.15, 0.2) is 0 Å². The van der Waals surface area contributed by atoms with Crippen LogP contribution in [0.25, 0.3) is 0 Å². The number of ether oxygens (including phenoxy) is 1. The van der Waals surface area contributed by atoms with E-state index >= 15 is 0 Å². The predicted molar refractivity (Wildman–Crippen MR) is 88.0 cm³/mol. The highest BCUT2D eigenvalue weighted by atomic mass is 16.5. The van der Waals surface area contributed by atoms with Crippen molar-refractivity contribution < 1.29 is 19.7 Å². The molecule has 0 unspecified atom stereocenters. The average Bonchev–Trinajstić information content (AvgIpc) is 2.74. The molecule has 134 valence electrons. The first-order valence-corrected chi connectivity index (χ1v) is 9.81. The molecule has 0 aromatic carbocycles. The molecule has 2 N–H and O–H groups in total. The van der Waals surface area contributed by atoms with Crippen LogP contribution in [0.4, 0.5) is 0 Å². The topological polar surface area (TPSA) is 66.8 Å². The molecular weight excluding hydrogens is 304 g/mol. The number of fused-ring (bicyclic) bond motifs is 1. The van der Waals surface area contributed by atoms with Crippen LogP contribution in [0, 0.1) is 28.1 Å². The Labute approximate surface area is 144 Å². The maximum absolute atomic E-state index is 12.6. The molecular formula is C20H30O4. The third-order valence-electron chi connectivity index (χ3n) is 9.36. The summed E-state index contributed by atoms with van der Waals surface area (Å²) in [6, 6.07) is 0. The summed E-state index contributed by atoms with van der Waals surface area (Å²) in [5.41, 5.74) is -2.35. The Kier molecular flexibility index (Phi) is 2.73. The Morgan fingerprint density at radius 3 is 2.67 bits per heavy atom. The summed E-state index contributed by atoms with van der Waals surface area (Å²) in [6.07, 6.45) is 8.11. The second-order valence-corrected chi connectivity index (χ2v) is 10.2. The second-order valence-electron chi connectivity index (χ2n) is 10.2. The van der Waals surface area contributed by atoms with E-state index in [1.807, 2.05) is 6.92 Å². The molecule has 4 bridgehead atoms. The molecule has 0 amide bonds. The van der Waals surface area contributed by atoms with Gasteiger partial charge >= 0.3 is 5.97 Å². The van der Waals surface area contributed by atoms with Gasteiger partial charge in [-0.2, -0.15) is 0 Å². The fourth-order valence-corrected chi connectivity index (χ4v) is 8.28. The van der Waals surface area contributed by atoms with Crippen LogP contribution >= 0.6 is 0 Å². The molecule has 5 rings (SSSR count). The van der Waals surface area contributed by atoms with Gasteiger partial charge < -0.3 is 14.9 Å². The van der Waals surface area contributed by atoms with Gasteiger partial charge in [-0.3, -0.25) is 4.79 Å². The van der Waals surface area contributed by atoms with Gasteiger partial charge in [-0.05, 0) is 77.0 Å². The largest absolute Gasteiger partial charge is 0.465 e. The van der Waals surface area contributed by atoms with Gasteiger partial charge in [0.1, 0.15) is 0 Å². The van der Waals surface area contributed by atoms with E-state index in [0.717, 1.165) is 51.4 Å².